The molecule has 1 aromatic heterocycles. The summed E-state index contributed by atoms with van der Waals surface area (Å²) in [6.07, 6.45) is 7.43. The number of carbonyl (C=O) groups is 1. The molecule has 3 fully saturated rings. The first-order chi connectivity index (χ1) is 19.8. The Balaban J connectivity index is 1.46. The molecule has 1 saturated heterocycles. The molecule has 1 aromatic rings. The number of halogens is 1. The molecule has 0 unspecified atom stereocenters. The van der Waals surface area contributed by atoms with E-state index < -0.39 is 30.7 Å². The highest BCUT2D eigenvalue weighted by atomic mass is 79.9. The van der Waals surface area contributed by atoms with Crippen LogP contribution in [-0.4, -0.2) is 92.0 Å². The first-order valence-corrected chi connectivity index (χ1v) is 15.1. The molecular formula is C29H39BrN2O8S. The fraction of sp³-hybridized carbons (Fsp3) is 0.690. The predicted octanol–water partition coefficient (Wildman–Crippen LogP) is 3.73. The molecule has 0 bridgehead atoms. The zero-order chi connectivity index (χ0) is 29.4. The van der Waals surface area contributed by atoms with E-state index in [2.05, 4.69) is 33.6 Å². The van der Waals surface area contributed by atoms with Crippen LogP contribution in [0.1, 0.15) is 19.8 Å². The van der Waals surface area contributed by atoms with Crippen LogP contribution in [0.3, 0.4) is 0 Å². The predicted molar refractivity (Wildman–Crippen MR) is 156 cm³/mol. The fourth-order valence-corrected chi connectivity index (χ4v) is 8.75. The van der Waals surface area contributed by atoms with Crippen molar-refractivity contribution in [2.24, 2.45) is 35.5 Å². The zero-order valence-electron chi connectivity index (χ0n) is 24.0. The van der Waals surface area contributed by atoms with Gasteiger partial charge in [-0.25, -0.2) is 4.98 Å². The third kappa shape index (κ3) is 5.57. The van der Waals surface area contributed by atoms with Crippen molar-refractivity contribution < 1.29 is 38.0 Å². The average molecular weight is 656 g/mol. The Kier molecular flexibility index (Phi) is 9.69. The van der Waals surface area contributed by atoms with Crippen molar-refractivity contribution in [2.45, 2.75) is 62.7 Å². The molecule has 12 heteroatoms. The minimum atomic E-state index is -0.727. The van der Waals surface area contributed by atoms with E-state index in [0.717, 1.165) is 4.48 Å². The highest BCUT2D eigenvalue weighted by Crippen LogP contribution is 2.59. The highest BCUT2D eigenvalue weighted by Gasteiger charge is 2.59. The van der Waals surface area contributed by atoms with Gasteiger partial charge in [-0.2, -0.15) is 0 Å². The minimum Gasteiger partial charge on any atom is -0.469 e. The number of imidazole rings is 1. The molecule has 13 atom stereocenters. The highest BCUT2D eigenvalue weighted by molar-refractivity contribution is 9.11. The van der Waals surface area contributed by atoms with Gasteiger partial charge in [-0.3, -0.25) is 9.36 Å². The lowest BCUT2D eigenvalue weighted by Gasteiger charge is -2.44. The van der Waals surface area contributed by atoms with Gasteiger partial charge in [-0.05, 0) is 60.1 Å². The molecule has 10 nitrogen and oxygen atoms in total. The lowest BCUT2D eigenvalue weighted by molar-refractivity contribution is -0.318. The van der Waals surface area contributed by atoms with Crippen LogP contribution in [0.25, 0.3) is 0 Å². The fourth-order valence-electron chi connectivity index (χ4n) is 7.63. The third-order valence-electron chi connectivity index (χ3n) is 9.42. The van der Waals surface area contributed by atoms with Crippen molar-refractivity contribution in [3.8, 4) is 0 Å². The standard InChI is InChI=1S/C29H39BrN2O8S/c1-7-15-17-11-20(30)22-18(16(17)10-19(15)27(33)37-6)12-21(24(22)40-29(41)32-9-8-31-13-32)39-28-26(36-5)25(35-4)23(34-3)14(2)38-28/h7-9,11,13-19,21-26,28H,1,10,12H2,2-6H3/t14-,15-,16+,17-,18-,19+,21-,22+,23-,24-,25+,26+,28-/m0/s1. The van der Waals surface area contributed by atoms with Gasteiger partial charge in [0.2, 0.25) is 0 Å². The van der Waals surface area contributed by atoms with E-state index in [-0.39, 0.29) is 58.9 Å². The minimum absolute atomic E-state index is 0.0128. The van der Waals surface area contributed by atoms with Gasteiger partial charge in [0.25, 0.3) is 5.17 Å². The maximum atomic E-state index is 12.7. The van der Waals surface area contributed by atoms with Crippen molar-refractivity contribution in [1.29, 1.82) is 0 Å². The molecule has 2 saturated carbocycles. The summed E-state index contributed by atoms with van der Waals surface area (Å²) in [6.45, 7) is 5.99. The molecule has 5 rings (SSSR count). The number of rotatable bonds is 8. The first-order valence-electron chi connectivity index (χ1n) is 13.9. The second-order valence-electron chi connectivity index (χ2n) is 11.2. The van der Waals surface area contributed by atoms with E-state index in [1.54, 1.807) is 44.6 Å². The van der Waals surface area contributed by atoms with Crippen molar-refractivity contribution in [1.82, 2.24) is 9.55 Å². The Labute approximate surface area is 254 Å². The van der Waals surface area contributed by atoms with Crippen molar-refractivity contribution in [3.63, 3.8) is 0 Å². The number of esters is 1. The van der Waals surface area contributed by atoms with Gasteiger partial charge in [0, 0.05) is 39.6 Å². The number of fused-ring (bicyclic) bond motifs is 3. The quantitative estimate of drug-likeness (QED) is 0.234. The van der Waals surface area contributed by atoms with Crippen LogP contribution in [0, 0.1) is 35.5 Å². The molecule has 2 heterocycles. The summed E-state index contributed by atoms with van der Waals surface area (Å²) < 4.78 is 44.8. The van der Waals surface area contributed by atoms with E-state index in [1.165, 1.54) is 7.11 Å². The Morgan fingerprint density at radius 3 is 2.46 bits per heavy atom. The number of hydrogen-bond donors (Lipinski definition) is 0. The van der Waals surface area contributed by atoms with E-state index in [0.29, 0.717) is 12.8 Å². The lowest BCUT2D eigenvalue weighted by Crippen LogP contribution is -2.60. The summed E-state index contributed by atoms with van der Waals surface area (Å²) >= 11 is 9.56. The van der Waals surface area contributed by atoms with Crippen molar-refractivity contribution in [3.05, 3.63) is 41.9 Å². The molecular weight excluding hydrogens is 616 g/mol. The molecule has 41 heavy (non-hydrogen) atoms. The number of aromatic nitrogens is 2. The summed E-state index contributed by atoms with van der Waals surface area (Å²) in [5.74, 6) is 0.00923. The van der Waals surface area contributed by atoms with Crippen molar-refractivity contribution in [2.75, 3.05) is 28.4 Å². The van der Waals surface area contributed by atoms with Crippen LogP contribution in [0.5, 0.6) is 0 Å². The normalized spacial score (nSPS) is 41.7. The number of thiocarbonyl (C=S) groups is 1. The summed E-state index contributed by atoms with van der Waals surface area (Å²) in [7, 11) is 6.32. The SMILES string of the molecule is C=C[C@H]1[C@@H]2C=C(Br)[C@H]3[C@@H](C[C@H](O[C@@H]4O[C@@H](C)[C@H](OC)[C@@H](OC)[C@H]4OC)[C@@H]3OC(=S)n3ccnc3)[C@@H]2C[C@H]1C(=O)OC. The molecule has 4 aliphatic rings. The monoisotopic (exact) mass is 654 g/mol. The van der Waals surface area contributed by atoms with Crippen LogP contribution in [0.2, 0.25) is 0 Å². The largest absolute Gasteiger partial charge is 0.469 e. The van der Waals surface area contributed by atoms with Gasteiger partial charge in [-0.1, -0.05) is 28.1 Å². The molecule has 0 spiro atoms. The molecule has 0 amide bonds. The molecule has 0 radical (unpaired) electrons. The summed E-state index contributed by atoms with van der Waals surface area (Å²) in [5.41, 5.74) is 0. The van der Waals surface area contributed by atoms with Crippen LogP contribution < -0.4 is 0 Å². The maximum Gasteiger partial charge on any atom is 0.309 e. The third-order valence-corrected chi connectivity index (χ3v) is 10.5. The van der Waals surface area contributed by atoms with Crippen molar-refractivity contribution >= 4 is 39.3 Å². The van der Waals surface area contributed by atoms with Gasteiger partial charge >= 0.3 is 5.97 Å². The average Bonchev–Trinajstić information content (AvgIpc) is 3.70. The first kappa shape index (κ1) is 30.8. The summed E-state index contributed by atoms with van der Waals surface area (Å²) in [6, 6.07) is 0. The Bertz CT molecular complexity index is 1130. The van der Waals surface area contributed by atoms with Crippen LogP contribution in [0.4, 0.5) is 0 Å². The second kappa shape index (κ2) is 12.9. The molecule has 3 aliphatic carbocycles. The van der Waals surface area contributed by atoms with E-state index in [4.69, 9.17) is 45.4 Å². The van der Waals surface area contributed by atoms with E-state index in [1.807, 2.05) is 13.0 Å². The van der Waals surface area contributed by atoms with Gasteiger partial charge in [0.15, 0.2) is 6.29 Å². The number of nitrogens with zero attached hydrogens (tertiary/aromatic N) is 2. The van der Waals surface area contributed by atoms with Gasteiger partial charge in [-0.15, -0.1) is 6.58 Å². The van der Waals surface area contributed by atoms with Crippen LogP contribution in [-0.2, 0) is 38.0 Å². The van der Waals surface area contributed by atoms with Crippen LogP contribution >= 0.6 is 28.1 Å². The smallest absolute Gasteiger partial charge is 0.309 e. The molecule has 0 aromatic carbocycles. The molecule has 1 aliphatic heterocycles. The topological polar surface area (TPSA) is 99.5 Å². The number of hydrogen-bond acceptors (Lipinski definition) is 10. The molecule has 226 valence electrons. The Morgan fingerprint density at radius 1 is 1.12 bits per heavy atom. The second-order valence-corrected chi connectivity index (χ2v) is 12.5. The number of methoxy groups -OCH3 is 4. The number of ether oxygens (including phenoxy) is 7. The van der Waals surface area contributed by atoms with Gasteiger partial charge in [0.1, 0.15) is 30.7 Å². The zero-order valence-corrected chi connectivity index (χ0v) is 26.4. The molecule has 0 N–H and O–H groups in total. The van der Waals surface area contributed by atoms with Gasteiger partial charge < -0.3 is 33.2 Å². The summed E-state index contributed by atoms with van der Waals surface area (Å²) in [4.78, 5) is 16.9. The van der Waals surface area contributed by atoms with Crippen LogP contribution in [0.15, 0.2) is 41.9 Å². The van der Waals surface area contributed by atoms with E-state index in [9.17, 15) is 4.79 Å². The maximum absolute atomic E-state index is 12.7. The Morgan fingerprint density at radius 2 is 1.85 bits per heavy atom. The Hall–Kier alpha value is -1.67. The lowest BCUT2D eigenvalue weighted by atomic mass is 9.71. The van der Waals surface area contributed by atoms with E-state index >= 15 is 0 Å². The van der Waals surface area contributed by atoms with Gasteiger partial charge in [0.05, 0.1) is 25.2 Å². The number of carbonyl (C=O) groups excluding carboxylic acids is 1. The number of allylic oxidation sites excluding steroid dienone is 2. The summed E-state index contributed by atoms with van der Waals surface area (Å²) in [5, 5.41) is 0.280.